The maximum Gasteiger partial charge on any atom is 0.142 e. The molecule has 1 fully saturated rings. The molecule has 0 bridgehead atoms. The molecular weight excluding hydrogens is 236 g/mol. The molecule has 2 aromatic rings. The van der Waals surface area contributed by atoms with Crippen molar-refractivity contribution in [1.82, 2.24) is 4.98 Å². The molecule has 102 valence electrons. The van der Waals surface area contributed by atoms with Crippen LogP contribution in [0.15, 0.2) is 18.2 Å². The van der Waals surface area contributed by atoms with E-state index in [2.05, 4.69) is 24.0 Å². The monoisotopic (exact) mass is 258 g/mol. The Morgan fingerprint density at radius 2 is 2.05 bits per heavy atom. The molecule has 3 nitrogen and oxygen atoms in total. The number of benzene rings is 1. The number of aromatic nitrogens is 1. The number of nitrogens with two attached hydrogens (primary N) is 1. The van der Waals surface area contributed by atoms with Gasteiger partial charge in [-0.2, -0.15) is 0 Å². The molecule has 0 aliphatic heterocycles. The van der Waals surface area contributed by atoms with Gasteiger partial charge in [0.15, 0.2) is 0 Å². The molecule has 0 amide bonds. The van der Waals surface area contributed by atoms with Gasteiger partial charge in [-0.05, 0) is 31.4 Å². The van der Waals surface area contributed by atoms with Crippen LogP contribution in [-0.4, -0.2) is 18.6 Å². The van der Waals surface area contributed by atoms with Crippen LogP contribution < -0.4 is 10.5 Å². The summed E-state index contributed by atoms with van der Waals surface area (Å²) in [4.78, 5) is 3.50. The first-order chi connectivity index (χ1) is 9.22. The number of aryl methyl sites for hydroxylation is 1. The summed E-state index contributed by atoms with van der Waals surface area (Å²) in [5.41, 5.74) is 10.1. The zero-order valence-corrected chi connectivity index (χ0v) is 11.8. The van der Waals surface area contributed by atoms with Crippen molar-refractivity contribution in [2.24, 2.45) is 5.73 Å². The standard InChI is InChI=1S/C16H22N2O/c1-11-14(16(10-17)8-3-4-9-16)12-6-5-7-13(19-2)15(12)18-11/h5-7,18H,3-4,8-10,17H2,1-2H3. The summed E-state index contributed by atoms with van der Waals surface area (Å²) in [5.74, 6) is 0.914. The van der Waals surface area contributed by atoms with E-state index in [0.717, 1.165) is 17.8 Å². The van der Waals surface area contributed by atoms with Crippen LogP contribution in [0, 0.1) is 6.92 Å². The minimum Gasteiger partial charge on any atom is -0.495 e. The van der Waals surface area contributed by atoms with Crippen LogP contribution in [0.2, 0.25) is 0 Å². The minimum atomic E-state index is 0.161. The van der Waals surface area contributed by atoms with Crippen molar-refractivity contribution in [3.8, 4) is 5.75 Å². The molecule has 0 unspecified atom stereocenters. The number of rotatable bonds is 3. The molecule has 1 aromatic heterocycles. The lowest BCUT2D eigenvalue weighted by Crippen LogP contribution is -2.32. The molecule has 1 aromatic carbocycles. The first kappa shape index (κ1) is 12.5. The van der Waals surface area contributed by atoms with Gasteiger partial charge in [0.25, 0.3) is 0 Å². The number of fused-ring (bicyclic) bond motifs is 1. The van der Waals surface area contributed by atoms with Crippen LogP contribution in [0.5, 0.6) is 5.75 Å². The fourth-order valence-corrected chi connectivity index (χ4v) is 3.78. The molecule has 1 saturated carbocycles. The lowest BCUT2D eigenvalue weighted by atomic mass is 9.77. The molecule has 19 heavy (non-hydrogen) atoms. The molecule has 3 N–H and O–H groups in total. The molecule has 3 heteroatoms. The molecule has 1 aliphatic carbocycles. The molecule has 3 rings (SSSR count). The van der Waals surface area contributed by atoms with Gasteiger partial charge in [0.1, 0.15) is 5.75 Å². The Balaban J connectivity index is 2.26. The van der Waals surface area contributed by atoms with Gasteiger partial charge in [0, 0.05) is 23.0 Å². The van der Waals surface area contributed by atoms with Crippen LogP contribution in [0.4, 0.5) is 0 Å². The van der Waals surface area contributed by atoms with Gasteiger partial charge >= 0.3 is 0 Å². The van der Waals surface area contributed by atoms with E-state index in [-0.39, 0.29) is 5.41 Å². The number of methoxy groups -OCH3 is 1. The number of H-pyrrole nitrogens is 1. The number of nitrogens with one attached hydrogen (secondary N) is 1. The van der Waals surface area contributed by atoms with Gasteiger partial charge in [-0.25, -0.2) is 0 Å². The van der Waals surface area contributed by atoms with Crippen LogP contribution in [0.25, 0.3) is 10.9 Å². The zero-order chi connectivity index (χ0) is 13.5. The summed E-state index contributed by atoms with van der Waals surface area (Å²) in [5, 5.41) is 1.28. The highest BCUT2D eigenvalue weighted by Gasteiger charge is 2.37. The summed E-state index contributed by atoms with van der Waals surface area (Å²) in [6.45, 7) is 2.89. The Morgan fingerprint density at radius 3 is 2.68 bits per heavy atom. The molecule has 0 spiro atoms. The van der Waals surface area contributed by atoms with Gasteiger partial charge in [-0.15, -0.1) is 0 Å². The minimum absolute atomic E-state index is 0.161. The highest BCUT2D eigenvalue weighted by Crippen LogP contribution is 2.45. The average molecular weight is 258 g/mol. The van der Waals surface area contributed by atoms with E-state index in [9.17, 15) is 0 Å². The van der Waals surface area contributed by atoms with E-state index >= 15 is 0 Å². The fraction of sp³-hybridized carbons (Fsp3) is 0.500. The van der Waals surface area contributed by atoms with Crippen LogP contribution >= 0.6 is 0 Å². The summed E-state index contributed by atoms with van der Waals surface area (Å²) >= 11 is 0. The number of para-hydroxylation sites is 1. The van der Waals surface area contributed by atoms with E-state index in [1.165, 1.54) is 42.3 Å². The summed E-state index contributed by atoms with van der Waals surface area (Å²) in [7, 11) is 1.72. The second-order valence-corrected chi connectivity index (χ2v) is 5.70. The van der Waals surface area contributed by atoms with Crippen molar-refractivity contribution in [2.45, 2.75) is 38.0 Å². The van der Waals surface area contributed by atoms with Gasteiger partial charge in [-0.1, -0.05) is 25.0 Å². The molecular formula is C16H22N2O. The Bertz CT molecular complexity index is 594. The molecule has 1 heterocycles. The number of ether oxygens (including phenoxy) is 1. The lowest BCUT2D eigenvalue weighted by Gasteiger charge is -2.28. The second kappa shape index (κ2) is 4.57. The highest BCUT2D eigenvalue weighted by atomic mass is 16.5. The maximum atomic E-state index is 6.15. The van der Waals surface area contributed by atoms with Gasteiger partial charge in [0.2, 0.25) is 0 Å². The van der Waals surface area contributed by atoms with E-state index in [1.807, 2.05) is 6.07 Å². The third-order valence-corrected chi connectivity index (χ3v) is 4.68. The Morgan fingerprint density at radius 1 is 1.32 bits per heavy atom. The largest absolute Gasteiger partial charge is 0.495 e. The van der Waals surface area contributed by atoms with Crippen molar-refractivity contribution in [1.29, 1.82) is 0 Å². The van der Waals surface area contributed by atoms with Crippen molar-refractivity contribution in [3.05, 3.63) is 29.5 Å². The van der Waals surface area contributed by atoms with Gasteiger partial charge in [-0.3, -0.25) is 0 Å². The van der Waals surface area contributed by atoms with Crippen LogP contribution in [-0.2, 0) is 5.41 Å². The van der Waals surface area contributed by atoms with E-state index < -0.39 is 0 Å². The van der Waals surface area contributed by atoms with Gasteiger partial charge < -0.3 is 15.5 Å². The number of hydrogen-bond donors (Lipinski definition) is 2. The average Bonchev–Trinajstić information content (AvgIpc) is 3.02. The first-order valence-electron chi connectivity index (χ1n) is 7.08. The predicted molar refractivity (Wildman–Crippen MR) is 78.8 cm³/mol. The molecule has 0 saturated heterocycles. The quantitative estimate of drug-likeness (QED) is 0.888. The lowest BCUT2D eigenvalue weighted by molar-refractivity contribution is 0.419. The third kappa shape index (κ3) is 1.76. The topological polar surface area (TPSA) is 51.0 Å². The van der Waals surface area contributed by atoms with E-state index in [4.69, 9.17) is 10.5 Å². The maximum absolute atomic E-state index is 6.15. The fourth-order valence-electron chi connectivity index (χ4n) is 3.78. The molecule has 0 radical (unpaired) electrons. The van der Waals surface area contributed by atoms with Crippen molar-refractivity contribution in [3.63, 3.8) is 0 Å². The highest BCUT2D eigenvalue weighted by molar-refractivity contribution is 5.90. The van der Waals surface area contributed by atoms with E-state index in [0.29, 0.717) is 0 Å². The predicted octanol–water partition coefficient (Wildman–Crippen LogP) is 3.26. The van der Waals surface area contributed by atoms with Crippen molar-refractivity contribution in [2.75, 3.05) is 13.7 Å². The third-order valence-electron chi connectivity index (χ3n) is 4.68. The van der Waals surface area contributed by atoms with Gasteiger partial charge in [0.05, 0.1) is 12.6 Å². The van der Waals surface area contributed by atoms with Crippen molar-refractivity contribution >= 4 is 10.9 Å². The Kier molecular flexibility index (Phi) is 3.02. The number of aromatic amines is 1. The smallest absolute Gasteiger partial charge is 0.142 e. The van der Waals surface area contributed by atoms with Crippen LogP contribution in [0.3, 0.4) is 0 Å². The van der Waals surface area contributed by atoms with Crippen LogP contribution in [0.1, 0.15) is 36.9 Å². The Labute approximate surface area is 114 Å². The normalized spacial score (nSPS) is 18.1. The van der Waals surface area contributed by atoms with Crippen molar-refractivity contribution < 1.29 is 4.74 Å². The first-order valence-corrected chi connectivity index (χ1v) is 7.08. The number of hydrogen-bond acceptors (Lipinski definition) is 2. The SMILES string of the molecule is COc1cccc2c(C3(CN)CCCC3)c(C)[nH]c12. The second-order valence-electron chi connectivity index (χ2n) is 5.70. The summed E-state index contributed by atoms with van der Waals surface area (Å²) in [6, 6.07) is 6.26. The summed E-state index contributed by atoms with van der Waals surface area (Å²) in [6.07, 6.45) is 4.98. The molecule has 1 aliphatic rings. The zero-order valence-electron chi connectivity index (χ0n) is 11.8. The molecule has 0 atom stereocenters. The summed E-state index contributed by atoms with van der Waals surface area (Å²) < 4.78 is 5.46. The Hall–Kier alpha value is -1.48. The van der Waals surface area contributed by atoms with E-state index in [1.54, 1.807) is 7.11 Å².